The molecule has 1 aliphatic heterocycles. The van der Waals surface area contributed by atoms with E-state index in [1.165, 1.54) is 13.8 Å². The van der Waals surface area contributed by atoms with Crippen molar-refractivity contribution in [2.24, 2.45) is 58.3 Å². The van der Waals surface area contributed by atoms with Gasteiger partial charge >= 0.3 is 0 Å². The number of amides is 6. The molecule has 77 heavy (non-hydrogen) atoms. The predicted molar refractivity (Wildman–Crippen MR) is 290 cm³/mol. The van der Waals surface area contributed by atoms with E-state index in [9.17, 15) is 58.2 Å². The summed E-state index contributed by atoms with van der Waals surface area (Å²) in [5.74, 6) is -11.9. The van der Waals surface area contributed by atoms with Gasteiger partial charge in [-0.3, -0.25) is 47.9 Å². The minimum absolute atomic E-state index is 0.0321. The van der Waals surface area contributed by atoms with E-state index < -0.39 is 138 Å². The first-order valence-electron chi connectivity index (χ1n) is 27.4. The minimum Gasteiger partial charge on any atom is -0.393 e. The first kappa shape index (κ1) is 67.5. The molecule has 18 N–H and O–H groups in total. The van der Waals surface area contributed by atoms with Crippen LogP contribution in [-0.2, 0) is 54.4 Å². The van der Waals surface area contributed by atoms with Crippen molar-refractivity contribution in [2.75, 3.05) is 39.3 Å². The monoisotopic (exact) mass is 1090 g/mol. The molecule has 1 fully saturated rings. The van der Waals surface area contributed by atoms with Crippen LogP contribution >= 0.6 is 0 Å². The van der Waals surface area contributed by atoms with Crippen LogP contribution in [0.4, 0.5) is 0 Å². The number of nitrogens with two attached hydrogens (primary N) is 5. The van der Waals surface area contributed by atoms with Crippen LogP contribution in [-0.4, -0.2) is 150 Å². The molecule has 23 nitrogen and oxygen atoms in total. The second kappa shape index (κ2) is 36.5. The molecule has 1 aliphatic rings. The molecule has 1 heterocycles. The average molecular weight is 1090 g/mol. The van der Waals surface area contributed by atoms with Crippen molar-refractivity contribution in [3.8, 4) is 0 Å². The normalized spacial score (nSPS) is 23.6. The van der Waals surface area contributed by atoms with Gasteiger partial charge in [0.15, 0.2) is 17.3 Å². The third-order valence-electron chi connectivity index (χ3n) is 13.8. The van der Waals surface area contributed by atoms with Crippen molar-refractivity contribution >= 4 is 58.6 Å². The molecule has 1 aromatic carbocycles. The predicted octanol–water partition coefficient (Wildman–Crippen LogP) is -1.41. The first-order chi connectivity index (χ1) is 36.6. The smallest absolute Gasteiger partial charge is 0.243 e. The summed E-state index contributed by atoms with van der Waals surface area (Å²) in [5.41, 5.74) is 29.9. The molecule has 0 spiro atoms. The summed E-state index contributed by atoms with van der Waals surface area (Å²) in [6.07, 6.45) is -1.83. The van der Waals surface area contributed by atoms with Gasteiger partial charge in [0.05, 0.1) is 42.2 Å². The third-order valence-corrected chi connectivity index (χ3v) is 13.8. The van der Waals surface area contributed by atoms with Gasteiger partial charge in [0.25, 0.3) is 0 Å². The van der Waals surface area contributed by atoms with Crippen molar-refractivity contribution in [1.82, 2.24) is 31.9 Å². The second-order valence-corrected chi connectivity index (χ2v) is 20.8. The summed E-state index contributed by atoms with van der Waals surface area (Å²) in [6, 6.07) is 2.47. The summed E-state index contributed by atoms with van der Waals surface area (Å²) in [4.78, 5) is 140. The van der Waals surface area contributed by atoms with E-state index in [-0.39, 0.29) is 102 Å². The van der Waals surface area contributed by atoms with Crippen molar-refractivity contribution in [2.45, 2.75) is 173 Å². The Morgan fingerprint density at radius 1 is 0.636 bits per heavy atom. The molecule has 11 atom stereocenters. The number of Topliss-reactive ketones (excluding diaryl/α,β-unsaturated/α-hetero) is 4. The average Bonchev–Trinajstić information content (AvgIpc) is 3.37. The molecule has 6 amide bonds. The van der Waals surface area contributed by atoms with Gasteiger partial charge in [-0.25, -0.2) is 0 Å². The van der Waals surface area contributed by atoms with Crippen molar-refractivity contribution in [3.05, 3.63) is 35.9 Å². The number of carbonyl (C=O) groups is 10. The highest BCUT2D eigenvalue weighted by atomic mass is 16.3. The molecular formula is C54H91N11O12. The zero-order valence-electron chi connectivity index (χ0n) is 45.7. The van der Waals surface area contributed by atoms with Gasteiger partial charge in [-0.1, -0.05) is 57.0 Å². The molecule has 2 unspecified atom stereocenters. The first-order valence-corrected chi connectivity index (χ1v) is 27.4. The summed E-state index contributed by atoms with van der Waals surface area (Å²) in [7, 11) is 0. The Balaban J connectivity index is 2.70. The van der Waals surface area contributed by atoms with Gasteiger partial charge in [0.1, 0.15) is 17.9 Å². The van der Waals surface area contributed by atoms with Gasteiger partial charge in [-0.2, -0.15) is 0 Å². The van der Waals surface area contributed by atoms with E-state index in [0.29, 0.717) is 18.5 Å². The highest BCUT2D eigenvalue weighted by Crippen LogP contribution is 2.21. The van der Waals surface area contributed by atoms with Crippen molar-refractivity contribution in [1.29, 1.82) is 0 Å². The molecule has 0 aromatic heterocycles. The number of hydrogen-bond donors (Lipinski definition) is 13. The fourth-order valence-electron chi connectivity index (χ4n) is 9.23. The maximum absolute atomic E-state index is 14.5. The Morgan fingerprint density at radius 3 is 1.75 bits per heavy atom. The number of benzene rings is 1. The molecule has 1 saturated heterocycles. The maximum atomic E-state index is 14.5. The Bertz CT molecular complexity index is 2060. The zero-order valence-corrected chi connectivity index (χ0v) is 45.7. The lowest BCUT2D eigenvalue weighted by molar-refractivity contribution is -0.137. The molecule has 434 valence electrons. The summed E-state index contributed by atoms with van der Waals surface area (Å²) < 4.78 is 0. The fourth-order valence-corrected chi connectivity index (χ4v) is 9.23. The van der Waals surface area contributed by atoms with Crippen molar-refractivity contribution in [3.63, 3.8) is 0 Å². The topological polar surface area (TPSA) is 413 Å². The van der Waals surface area contributed by atoms with Crippen LogP contribution in [0, 0.1) is 29.6 Å². The quantitative estimate of drug-likeness (QED) is 0.0450. The van der Waals surface area contributed by atoms with E-state index in [1.54, 1.807) is 30.3 Å². The van der Waals surface area contributed by atoms with E-state index in [4.69, 9.17) is 28.7 Å². The molecule has 0 bridgehead atoms. The van der Waals surface area contributed by atoms with E-state index >= 15 is 0 Å². The molecule has 0 saturated carbocycles. The Hall–Kier alpha value is -5.56. The van der Waals surface area contributed by atoms with Crippen molar-refractivity contribution < 1.29 is 58.2 Å². The number of nitrogens with one attached hydrogen (secondary N) is 6. The van der Waals surface area contributed by atoms with E-state index in [2.05, 4.69) is 31.9 Å². The molecule has 23 heteroatoms. The number of aliphatic hydroxyl groups is 2. The third kappa shape index (κ3) is 24.8. The number of unbranched alkanes of at least 4 members (excludes halogenated alkanes) is 3. The number of aliphatic hydroxyl groups excluding tert-OH is 2. The van der Waals surface area contributed by atoms with Gasteiger partial charge in [-0.15, -0.1) is 0 Å². The fraction of sp³-hybridized carbons (Fsp3) is 0.704. The molecule has 1 aromatic rings. The molecular weight excluding hydrogens is 995 g/mol. The second-order valence-electron chi connectivity index (χ2n) is 20.8. The van der Waals surface area contributed by atoms with Gasteiger partial charge in [0.2, 0.25) is 35.4 Å². The highest BCUT2D eigenvalue weighted by Gasteiger charge is 2.37. The highest BCUT2D eigenvalue weighted by molar-refractivity contribution is 5.98. The van der Waals surface area contributed by atoms with Crippen LogP contribution in [0.25, 0.3) is 0 Å². The standard InChI is InChI=1S/C54H91N11O12/c1-32(2)26-45-54(77)64-44(18-24-59)53(76)63-43(17-23-58)48(71)31-40(34(4)67)51(74)60-25-19-36(49(72)61-41(15-21-56)47(70)29-37(50(73)65-45)27-35-12-8-7-9-13-35)28-46(69)42(16-22-57)62-52(75)39(33(3)66)30-38(68)14-10-5-6-11-20-55/h7-9,12-13,32-34,36-37,39-45,66-67H,5-6,10-11,14-31,55-59H2,1-4H3,(H,60,74)(H,61,72)(H,62,75)(H,63,76)(H,64,77)(H,65,73)/t33?,34?,36-,37+,39+,40+,41+,42+,43+,44+,45+/m1/s1. The Morgan fingerprint density at radius 2 is 1.18 bits per heavy atom. The van der Waals surface area contributed by atoms with E-state index in [0.717, 1.165) is 19.3 Å². The Labute approximate surface area is 453 Å². The molecule has 0 aliphatic carbocycles. The number of ketones is 4. The van der Waals surface area contributed by atoms with E-state index in [1.807, 2.05) is 13.8 Å². The number of hydrogen-bond acceptors (Lipinski definition) is 17. The van der Waals surface area contributed by atoms with Gasteiger partial charge in [-0.05, 0) is 116 Å². The summed E-state index contributed by atoms with van der Waals surface area (Å²) in [6.45, 7) is 6.19. The van der Waals surface area contributed by atoms with Gasteiger partial charge in [0, 0.05) is 50.5 Å². The minimum atomic E-state index is -1.41. The molecule has 0 radical (unpaired) electrons. The largest absolute Gasteiger partial charge is 0.393 e. The lowest BCUT2D eigenvalue weighted by atomic mass is 9.89. The van der Waals surface area contributed by atoms with Gasteiger partial charge < -0.3 is 70.8 Å². The molecule has 2 rings (SSSR count). The van der Waals surface area contributed by atoms with Crippen LogP contribution in [0.1, 0.15) is 130 Å². The summed E-state index contributed by atoms with van der Waals surface area (Å²) >= 11 is 0. The number of rotatable bonds is 27. The maximum Gasteiger partial charge on any atom is 0.243 e. The lowest BCUT2D eigenvalue weighted by Crippen LogP contribution is -2.57. The Kier molecular flexibility index (Phi) is 32.0. The van der Waals surface area contributed by atoms with Crippen LogP contribution in [0.15, 0.2) is 30.3 Å². The van der Waals surface area contributed by atoms with Crippen LogP contribution in [0.2, 0.25) is 0 Å². The number of carbonyl (C=O) groups excluding carboxylic acids is 10. The summed E-state index contributed by atoms with van der Waals surface area (Å²) in [5, 5.41) is 37.5. The lowest BCUT2D eigenvalue weighted by Gasteiger charge is -2.28. The SMILES string of the molecule is CC(C)C[C@@H]1NC(=O)[C@@H](Cc2ccccc2)CC(=O)[C@H](CCN)NC(=O)[C@@H](CC(=O)[C@H](CCN)NC(=O)[C@@H](CC(=O)CCCCCCN)C(C)O)CCNC(=O)[C@H](C(C)O)CC(=O)[C@H](CCN)NC(=O)[C@H](CCN)NC1=O. The van der Waals surface area contributed by atoms with Crippen LogP contribution in [0.3, 0.4) is 0 Å². The van der Waals surface area contributed by atoms with Crippen LogP contribution < -0.4 is 60.6 Å². The van der Waals surface area contributed by atoms with Crippen LogP contribution in [0.5, 0.6) is 0 Å². The zero-order chi connectivity index (χ0) is 57.6.